The molecule has 0 unspecified atom stereocenters. The van der Waals surface area contributed by atoms with E-state index in [4.69, 9.17) is 0 Å². The zero-order valence-corrected chi connectivity index (χ0v) is 21.2. The fraction of sp³-hybridized carbons (Fsp3) is 0.370. The molecule has 3 heterocycles. The summed E-state index contributed by atoms with van der Waals surface area (Å²) in [6.07, 6.45) is 4.98. The Morgan fingerprint density at radius 2 is 1.71 bits per heavy atom. The number of piperidine rings is 1. The first-order valence-electron chi connectivity index (χ1n) is 12.8. The third kappa shape index (κ3) is 5.47. The molecule has 1 aliphatic rings. The zero-order chi connectivity index (χ0) is 26.6. The van der Waals surface area contributed by atoms with E-state index >= 15 is 0 Å². The summed E-state index contributed by atoms with van der Waals surface area (Å²) in [5, 5.41) is 11.7. The van der Waals surface area contributed by atoms with Gasteiger partial charge in [-0.15, -0.1) is 10.2 Å². The first-order valence-corrected chi connectivity index (χ1v) is 12.8. The second-order valence-corrected chi connectivity index (χ2v) is 9.55. The average Bonchev–Trinajstić information content (AvgIpc) is 2.95. The van der Waals surface area contributed by atoms with E-state index in [2.05, 4.69) is 25.4 Å². The molecule has 0 radical (unpaired) electrons. The number of nitrogens with zero attached hydrogens (tertiary/aromatic N) is 6. The van der Waals surface area contributed by atoms with E-state index in [9.17, 15) is 18.4 Å². The highest BCUT2D eigenvalue weighted by atomic mass is 19.2. The van der Waals surface area contributed by atoms with Gasteiger partial charge in [-0.3, -0.25) is 13.9 Å². The van der Waals surface area contributed by atoms with Crippen molar-refractivity contribution in [2.24, 2.45) is 7.05 Å². The Balaban J connectivity index is 1.34. The molecule has 38 heavy (non-hydrogen) atoms. The third-order valence-electron chi connectivity index (χ3n) is 6.85. The molecule has 1 aliphatic heterocycles. The number of benzene rings is 2. The highest BCUT2D eigenvalue weighted by Gasteiger charge is 2.17. The Morgan fingerprint density at radius 3 is 2.45 bits per heavy atom. The maximum Gasteiger partial charge on any atom is 0.332 e. The highest BCUT2D eigenvalue weighted by molar-refractivity contribution is 5.71. The van der Waals surface area contributed by atoms with E-state index in [1.807, 2.05) is 24.3 Å². The van der Waals surface area contributed by atoms with Gasteiger partial charge >= 0.3 is 5.69 Å². The predicted octanol–water partition coefficient (Wildman–Crippen LogP) is 3.17. The first kappa shape index (κ1) is 25.7. The van der Waals surface area contributed by atoms with Crippen LogP contribution >= 0.6 is 0 Å². The van der Waals surface area contributed by atoms with Crippen LogP contribution in [-0.2, 0) is 13.6 Å². The number of aromatic nitrogens is 5. The number of likely N-dealkylation sites (tertiary alicyclic amines) is 1. The minimum Gasteiger partial charge on any atom is -0.385 e. The van der Waals surface area contributed by atoms with E-state index in [0.29, 0.717) is 11.1 Å². The van der Waals surface area contributed by atoms with Crippen LogP contribution in [0.3, 0.4) is 0 Å². The molecule has 1 saturated heterocycles. The smallest absolute Gasteiger partial charge is 0.332 e. The van der Waals surface area contributed by atoms with Crippen molar-refractivity contribution in [3.05, 3.63) is 80.5 Å². The van der Waals surface area contributed by atoms with E-state index in [1.165, 1.54) is 50.0 Å². The molecule has 0 bridgehead atoms. The van der Waals surface area contributed by atoms with Crippen LogP contribution in [0.25, 0.3) is 22.6 Å². The van der Waals surface area contributed by atoms with Gasteiger partial charge in [-0.1, -0.05) is 12.5 Å². The Labute approximate surface area is 217 Å². The van der Waals surface area contributed by atoms with Crippen LogP contribution in [0.1, 0.15) is 31.2 Å². The van der Waals surface area contributed by atoms with Crippen molar-refractivity contribution in [3.63, 3.8) is 0 Å². The Hall–Kier alpha value is -3.99. The normalized spacial score (nSPS) is 14.2. The maximum atomic E-state index is 13.7. The lowest BCUT2D eigenvalue weighted by Crippen LogP contribution is -2.39. The Morgan fingerprint density at radius 1 is 0.947 bits per heavy atom. The molecule has 1 fully saturated rings. The molecule has 198 valence electrons. The summed E-state index contributed by atoms with van der Waals surface area (Å²) in [7, 11) is 1.33. The zero-order valence-electron chi connectivity index (χ0n) is 21.2. The molecular formula is C27H29F2N7O2. The number of nitrogens with one attached hydrogen (secondary N) is 1. The SMILES string of the molecule is Cn1c(=O)c2nc(-c3ccc(NCCCN4CCCCC4)cc3)nnc2n(Cc2ccc(F)c(F)c2)c1=O. The second kappa shape index (κ2) is 11.2. The third-order valence-corrected chi connectivity index (χ3v) is 6.85. The van der Waals surface area contributed by atoms with E-state index < -0.39 is 22.9 Å². The van der Waals surface area contributed by atoms with Crippen molar-refractivity contribution >= 4 is 16.9 Å². The van der Waals surface area contributed by atoms with Crippen LogP contribution in [-0.4, -0.2) is 55.4 Å². The molecule has 5 rings (SSSR count). The number of hydrogen-bond donors (Lipinski definition) is 1. The number of anilines is 1. The molecule has 0 spiro atoms. The lowest BCUT2D eigenvalue weighted by Gasteiger charge is -2.26. The Bertz CT molecular complexity index is 1560. The van der Waals surface area contributed by atoms with Gasteiger partial charge < -0.3 is 10.2 Å². The topological polar surface area (TPSA) is 97.9 Å². The fourth-order valence-corrected chi connectivity index (χ4v) is 4.70. The number of rotatable bonds is 8. The van der Waals surface area contributed by atoms with Crippen LogP contribution in [0.2, 0.25) is 0 Å². The van der Waals surface area contributed by atoms with Gasteiger partial charge in [0.1, 0.15) is 0 Å². The monoisotopic (exact) mass is 521 g/mol. The van der Waals surface area contributed by atoms with Crippen LogP contribution in [0, 0.1) is 11.6 Å². The minimum atomic E-state index is -1.03. The molecule has 4 aromatic rings. The van der Waals surface area contributed by atoms with Crippen molar-refractivity contribution in [1.29, 1.82) is 0 Å². The number of hydrogen-bond acceptors (Lipinski definition) is 7. The molecule has 9 nitrogen and oxygen atoms in total. The maximum absolute atomic E-state index is 13.7. The summed E-state index contributed by atoms with van der Waals surface area (Å²) in [5.41, 5.74) is 0.617. The summed E-state index contributed by atoms with van der Waals surface area (Å²) in [4.78, 5) is 32.6. The predicted molar refractivity (Wildman–Crippen MR) is 141 cm³/mol. The van der Waals surface area contributed by atoms with Gasteiger partial charge in [-0.2, -0.15) is 0 Å². The second-order valence-electron chi connectivity index (χ2n) is 9.55. The lowest BCUT2D eigenvalue weighted by molar-refractivity contribution is 0.228. The molecule has 0 aliphatic carbocycles. The van der Waals surface area contributed by atoms with E-state index in [0.717, 1.165) is 41.9 Å². The molecular weight excluding hydrogens is 492 g/mol. The van der Waals surface area contributed by atoms with Gasteiger partial charge in [-0.25, -0.2) is 18.6 Å². The fourth-order valence-electron chi connectivity index (χ4n) is 4.70. The van der Waals surface area contributed by atoms with E-state index in [1.54, 1.807) is 0 Å². The van der Waals surface area contributed by atoms with Gasteiger partial charge in [0, 0.05) is 24.8 Å². The first-order chi connectivity index (χ1) is 18.4. The van der Waals surface area contributed by atoms with Gasteiger partial charge in [0.25, 0.3) is 5.56 Å². The van der Waals surface area contributed by atoms with Crippen LogP contribution in [0.5, 0.6) is 0 Å². The van der Waals surface area contributed by atoms with Gasteiger partial charge in [0.05, 0.1) is 6.54 Å². The van der Waals surface area contributed by atoms with Crippen molar-refractivity contribution < 1.29 is 8.78 Å². The number of halogens is 2. The Kier molecular flexibility index (Phi) is 7.54. The van der Waals surface area contributed by atoms with Gasteiger partial charge in [0.15, 0.2) is 28.6 Å². The molecule has 11 heteroatoms. The van der Waals surface area contributed by atoms with Crippen molar-refractivity contribution in [2.45, 2.75) is 32.2 Å². The lowest BCUT2D eigenvalue weighted by atomic mass is 10.1. The average molecular weight is 522 g/mol. The van der Waals surface area contributed by atoms with Crippen molar-refractivity contribution in [3.8, 4) is 11.4 Å². The summed E-state index contributed by atoms with van der Waals surface area (Å²) in [6.45, 7) is 4.22. The standard InChI is InChI=1S/C27H29F2N7O2/c1-34-26(37)23-25(36(27(34)38)17-18-6-11-21(28)22(29)16-18)33-32-24(31-23)19-7-9-20(10-8-19)30-12-5-15-35-13-3-2-4-14-35/h6-11,16,30H,2-5,12-15,17H2,1H3. The largest absolute Gasteiger partial charge is 0.385 e. The van der Waals surface area contributed by atoms with Crippen molar-refractivity contribution in [2.75, 3.05) is 31.5 Å². The molecule has 0 atom stereocenters. The van der Waals surface area contributed by atoms with Crippen LogP contribution in [0.4, 0.5) is 14.5 Å². The molecule has 2 aromatic heterocycles. The molecule has 2 aromatic carbocycles. The molecule has 1 N–H and O–H groups in total. The minimum absolute atomic E-state index is 0.0291. The van der Waals surface area contributed by atoms with Gasteiger partial charge in [-0.05, 0) is 80.9 Å². The van der Waals surface area contributed by atoms with Crippen LogP contribution in [0.15, 0.2) is 52.1 Å². The quantitative estimate of drug-likeness (QED) is 0.356. The summed E-state index contributed by atoms with van der Waals surface area (Å²) < 4.78 is 29.1. The van der Waals surface area contributed by atoms with Crippen molar-refractivity contribution in [1.82, 2.24) is 29.2 Å². The summed E-state index contributed by atoms with van der Waals surface area (Å²) in [5.74, 6) is -1.78. The number of fused-ring (bicyclic) bond motifs is 1. The molecule has 0 amide bonds. The van der Waals surface area contributed by atoms with E-state index in [-0.39, 0.29) is 23.5 Å². The van der Waals surface area contributed by atoms with Crippen LogP contribution < -0.4 is 16.6 Å². The molecule has 0 saturated carbocycles. The summed E-state index contributed by atoms with van der Waals surface area (Å²) in [6, 6.07) is 10.9. The highest BCUT2D eigenvalue weighted by Crippen LogP contribution is 2.19. The summed E-state index contributed by atoms with van der Waals surface area (Å²) >= 11 is 0. The van der Waals surface area contributed by atoms with Gasteiger partial charge in [0.2, 0.25) is 0 Å².